The van der Waals surface area contributed by atoms with Crippen molar-refractivity contribution in [3.8, 4) is 5.75 Å². The van der Waals surface area contributed by atoms with Crippen molar-refractivity contribution >= 4 is 43.2 Å². The lowest BCUT2D eigenvalue weighted by atomic mass is 10.2. The molecule has 6 nitrogen and oxygen atoms in total. The van der Waals surface area contributed by atoms with Crippen molar-refractivity contribution in [1.29, 1.82) is 0 Å². The molecule has 0 atom stereocenters. The molecule has 0 aliphatic carbocycles. The van der Waals surface area contributed by atoms with Crippen LogP contribution in [-0.4, -0.2) is 28.5 Å². The van der Waals surface area contributed by atoms with Gasteiger partial charge < -0.3 is 10.1 Å². The Bertz CT molecular complexity index is 1130. The molecule has 0 heterocycles. The van der Waals surface area contributed by atoms with E-state index in [1.165, 1.54) is 30.6 Å². The molecule has 8 heteroatoms. The lowest BCUT2D eigenvalue weighted by Gasteiger charge is -2.19. The third kappa shape index (κ3) is 4.60. The first-order valence-electron chi connectivity index (χ1n) is 8.62. The van der Waals surface area contributed by atoms with Gasteiger partial charge in [0.1, 0.15) is 5.75 Å². The fourth-order valence-electron chi connectivity index (χ4n) is 2.70. The van der Waals surface area contributed by atoms with Crippen molar-refractivity contribution in [2.24, 2.45) is 0 Å². The smallest absolute Gasteiger partial charge is 0.264 e. The fraction of sp³-hybridized carbons (Fsp3) is 0.0952. The maximum atomic E-state index is 13.0. The van der Waals surface area contributed by atoms with E-state index in [1.807, 2.05) is 6.07 Å². The topological polar surface area (TPSA) is 75.7 Å². The van der Waals surface area contributed by atoms with E-state index >= 15 is 0 Å². The van der Waals surface area contributed by atoms with E-state index in [0.717, 1.165) is 4.47 Å². The quantitative estimate of drug-likeness (QED) is 0.568. The molecular weight excluding hydrogens is 456 g/mol. The number of amides is 1. The van der Waals surface area contributed by atoms with Gasteiger partial charge in [-0.2, -0.15) is 0 Å². The number of halogens is 1. The molecule has 150 valence electrons. The van der Waals surface area contributed by atoms with Crippen LogP contribution in [0.15, 0.2) is 82.2 Å². The Kier molecular flexibility index (Phi) is 6.24. The number of anilines is 2. The summed E-state index contributed by atoms with van der Waals surface area (Å²) in [5, 5.41) is 2.76. The minimum atomic E-state index is -3.82. The van der Waals surface area contributed by atoms with Crippen LogP contribution in [0, 0.1) is 0 Å². The van der Waals surface area contributed by atoms with Gasteiger partial charge >= 0.3 is 0 Å². The summed E-state index contributed by atoms with van der Waals surface area (Å²) >= 11 is 3.36. The molecule has 1 amide bonds. The molecule has 29 heavy (non-hydrogen) atoms. The van der Waals surface area contributed by atoms with E-state index in [0.29, 0.717) is 17.1 Å². The number of para-hydroxylation sites is 1. The standard InChI is InChI=1S/C21H19BrN2O4S/c1-24(17-8-4-3-5-9-17)29(26,27)18-10-6-7-15(13-18)21(25)23-19-14-16(22)11-12-20(19)28-2/h3-14H,1-2H3,(H,23,25). The zero-order valence-corrected chi connectivity index (χ0v) is 18.2. The highest BCUT2D eigenvalue weighted by Crippen LogP contribution is 2.29. The lowest BCUT2D eigenvalue weighted by molar-refractivity contribution is 0.102. The van der Waals surface area contributed by atoms with E-state index < -0.39 is 15.9 Å². The number of ether oxygens (including phenoxy) is 1. The minimum absolute atomic E-state index is 0.0257. The Morgan fingerprint density at radius 2 is 1.72 bits per heavy atom. The first-order valence-corrected chi connectivity index (χ1v) is 10.8. The Hall–Kier alpha value is -2.84. The maximum Gasteiger partial charge on any atom is 0.264 e. The monoisotopic (exact) mass is 474 g/mol. The van der Waals surface area contributed by atoms with Crippen LogP contribution in [0.4, 0.5) is 11.4 Å². The normalized spacial score (nSPS) is 11.0. The van der Waals surface area contributed by atoms with Gasteiger partial charge in [0, 0.05) is 17.1 Å². The third-order valence-corrected chi connectivity index (χ3v) is 6.56. The van der Waals surface area contributed by atoms with Gasteiger partial charge in [0.15, 0.2) is 0 Å². The third-order valence-electron chi connectivity index (χ3n) is 4.28. The van der Waals surface area contributed by atoms with Crippen LogP contribution in [0.5, 0.6) is 5.75 Å². The summed E-state index contributed by atoms with van der Waals surface area (Å²) in [6.45, 7) is 0. The van der Waals surface area contributed by atoms with Crippen LogP contribution < -0.4 is 14.4 Å². The number of carbonyl (C=O) groups is 1. The van der Waals surface area contributed by atoms with Crippen LogP contribution >= 0.6 is 15.9 Å². The molecule has 3 aromatic carbocycles. The zero-order chi connectivity index (χ0) is 21.0. The summed E-state index contributed by atoms with van der Waals surface area (Å²) in [7, 11) is -0.838. The molecule has 3 aromatic rings. The highest BCUT2D eigenvalue weighted by molar-refractivity contribution is 9.10. The molecule has 0 saturated heterocycles. The second kappa shape index (κ2) is 8.67. The molecule has 0 fully saturated rings. The van der Waals surface area contributed by atoms with E-state index in [9.17, 15) is 13.2 Å². The van der Waals surface area contributed by atoms with Gasteiger partial charge in [-0.15, -0.1) is 0 Å². The number of hydrogen-bond donors (Lipinski definition) is 1. The first-order chi connectivity index (χ1) is 13.8. The summed E-state index contributed by atoms with van der Waals surface area (Å²) < 4.78 is 33.2. The summed E-state index contributed by atoms with van der Waals surface area (Å²) in [5.41, 5.74) is 1.22. The van der Waals surface area contributed by atoms with E-state index in [-0.39, 0.29) is 10.5 Å². The number of nitrogens with zero attached hydrogens (tertiary/aromatic N) is 1. The lowest BCUT2D eigenvalue weighted by Crippen LogP contribution is -2.26. The van der Waals surface area contributed by atoms with Gasteiger partial charge in [-0.3, -0.25) is 9.10 Å². The van der Waals surface area contributed by atoms with Crippen LogP contribution in [0.1, 0.15) is 10.4 Å². The SMILES string of the molecule is COc1ccc(Br)cc1NC(=O)c1cccc(S(=O)(=O)N(C)c2ccccc2)c1. The van der Waals surface area contributed by atoms with Gasteiger partial charge in [0.05, 0.1) is 23.4 Å². The molecule has 0 unspecified atom stereocenters. The Labute approximate surface area is 178 Å². The average molecular weight is 475 g/mol. The number of nitrogens with one attached hydrogen (secondary N) is 1. The number of carbonyl (C=O) groups excluding carboxylic acids is 1. The van der Waals surface area contributed by atoms with Gasteiger partial charge in [-0.05, 0) is 48.5 Å². The van der Waals surface area contributed by atoms with Crippen molar-refractivity contribution in [3.63, 3.8) is 0 Å². The molecule has 0 saturated carbocycles. The first kappa shape index (κ1) is 20.9. The summed E-state index contributed by atoms with van der Waals surface area (Å²) in [5.74, 6) is 0.0509. The van der Waals surface area contributed by atoms with E-state index in [1.54, 1.807) is 54.6 Å². The predicted octanol–water partition coefficient (Wildman–Crippen LogP) is 4.54. The Morgan fingerprint density at radius 1 is 1.00 bits per heavy atom. The van der Waals surface area contributed by atoms with Gasteiger partial charge in [0.2, 0.25) is 0 Å². The Balaban J connectivity index is 1.89. The molecule has 0 aromatic heterocycles. The minimum Gasteiger partial charge on any atom is -0.495 e. The molecule has 0 aliphatic rings. The van der Waals surface area contributed by atoms with Gasteiger partial charge in [-0.25, -0.2) is 8.42 Å². The van der Waals surface area contributed by atoms with E-state index in [2.05, 4.69) is 21.2 Å². The van der Waals surface area contributed by atoms with Crippen LogP contribution in [-0.2, 0) is 10.0 Å². The fourth-order valence-corrected chi connectivity index (χ4v) is 4.31. The molecule has 1 N–H and O–H groups in total. The molecule has 0 spiro atoms. The van der Waals surface area contributed by atoms with Crippen molar-refractivity contribution in [3.05, 3.63) is 82.8 Å². The summed E-state index contributed by atoms with van der Waals surface area (Å²) in [6.07, 6.45) is 0. The van der Waals surface area contributed by atoms with Gasteiger partial charge in [-0.1, -0.05) is 40.2 Å². The van der Waals surface area contributed by atoms with Crippen molar-refractivity contribution in [1.82, 2.24) is 0 Å². The summed E-state index contributed by atoms with van der Waals surface area (Å²) in [4.78, 5) is 12.7. The second-order valence-electron chi connectivity index (χ2n) is 6.13. The number of rotatable bonds is 6. The molecule has 0 radical (unpaired) electrons. The Morgan fingerprint density at radius 3 is 2.41 bits per heavy atom. The largest absolute Gasteiger partial charge is 0.495 e. The molecule has 0 aliphatic heterocycles. The predicted molar refractivity (Wildman–Crippen MR) is 117 cm³/mol. The van der Waals surface area contributed by atoms with Crippen LogP contribution in [0.25, 0.3) is 0 Å². The van der Waals surface area contributed by atoms with Crippen molar-refractivity contribution in [2.75, 3.05) is 23.8 Å². The number of benzene rings is 3. The van der Waals surface area contributed by atoms with Crippen molar-refractivity contribution in [2.45, 2.75) is 4.90 Å². The second-order valence-corrected chi connectivity index (χ2v) is 9.02. The summed E-state index contributed by atoms with van der Waals surface area (Å²) in [6, 6.07) is 19.9. The molecule has 0 bridgehead atoms. The molecule has 3 rings (SSSR count). The number of hydrogen-bond acceptors (Lipinski definition) is 4. The number of sulfonamides is 1. The average Bonchev–Trinajstić information content (AvgIpc) is 2.74. The van der Waals surface area contributed by atoms with E-state index in [4.69, 9.17) is 4.74 Å². The zero-order valence-electron chi connectivity index (χ0n) is 15.8. The maximum absolute atomic E-state index is 13.0. The van der Waals surface area contributed by atoms with Gasteiger partial charge in [0.25, 0.3) is 15.9 Å². The highest BCUT2D eigenvalue weighted by Gasteiger charge is 2.22. The highest BCUT2D eigenvalue weighted by atomic mass is 79.9. The number of methoxy groups -OCH3 is 1. The van der Waals surface area contributed by atoms with Crippen LogP contribution in [0.3, 0.4) is 0 Å². The molecular formula is C21H19BrN2O4S. The van der Waals surface area contributed by atoms with Crippen molar-refractivity contribution < 1.29 is 17.9 Å². The van der Waals surface area contributed by atoms with Crippen LogP contribution in [0.2, 0.25) is 0 Å².